The minimum atomic E-state index is 0. The topological polar surface area (TPSA) is 70.0 Å². The molecule has 0 heterocycles. The summed E-state index contributed by atoms with van der Waals surface area (Å²) in [6, 6.07) is 17.3. The molecule has 2 aromatic rings. The second kappa shape index (κ2) is 11.8. The van der Waals surface area contributed by atoms with Gasteiger partial charge in [-0.15, -0.1) is 0 Å². The molecule has 0 saturated carbocycles. The molecule has 22 heavy (non-hydrogen) atoms. The minimum absolute atomic E-state index is 0. The van der Waals surface area contributed by atoms with Crippen molar-refractivity contribution >= 4 is 21.0 Å². The third kappa shape index (κ3) is 5.92. The summed E-state index contributed by atoms with van der Waals surface area (Å²) in [7, 11) is 8.00. The lowest BCUT2D eigenvalue weighted by Crippen LogP contribution is -1.90. The summed E-state index contributed by atoms with van der Waals surface area (Å²) in [5, 5.41) is 0. The predicted molar refractivity (Wildman–Crippen MR) is 101 cm³/mol. The first-order chi connectivity index (χ1) is 9.74. The van der Waals surface area contributed by atoms with Crippen molar-refractivity contribution in [1.29, 1.82) is 0 Å². The lowest BCUT2D eigenvalue weighted by Gasteiger charge is -2.09. The van der Waals surface area contributed by atoms with Gasteiger partial charge in [0.1, 0.15) is 0 Å². The smallest absolute Gasteiger partial charge is 0 e. The molecule has 2 aromatic carbocycles. The van der Waals surface area contributed by atoms with Crippen LogP contribution >= 0.6 is 0 Å². The molecule has 0 saturated heterocycles. The van der Waals surface area contributed by atoms with Crippen LogP contribution < -0.4 is 12.3 Å². The first kappa shape index (κ1) is 22.5. The molecule has 4 radical (unpaired) electrons. The second-order valence-electron chi connectivity index (χ2n) is 4.59. The number of hydrogen-bond acceptors (Lipinski definition) is 2. The third-order valence-corrected chi connectivity index (χ3v) is 3.37. The highest BCUT2D eigenvalue weighted by Crippen LogP contribution is 2.23. The van der Waals surface area contributed by atoms with Crippen LogP contribution in [0.3, 0.4) is 0 Å². The van der Waals surface area contributed by atoms with E-state index >= 15 is 0 Å². The van der Waals surface area contributed by atoms with E-state index in [1.807, 2.05) is 0 Å². The molecule has 0 fully saturated rings. The standard InChI is InChI=1S/C18H20.B2.2H3N/c1-4-15-8-6-10-17(12-15)14(3)18-11-7-9-16(5-2)13-18;1-2;;/h6-13H,3-5H2,1-2H3;;2*1H3. The second-order valence-corrected chi connectivity index (χ2v) is 4.59. The fourth-order valence-corrected chi connectivity index (χ4v) is 2.12. The van der Waals surface area contributed by atoms with Crippen LogP contribution in [0.4, 0.5) is 0 Å². The summed E-state index contributed by atoms with van der Waals surface area (Å²) in [5.74, 6) is 0. The normalized spacial score (nSPS) is 8.64. The summed E-state index contributed by atoms with van der Waals surface area (Å²) >= 11 is 0. The van der Waals surface area contributed by atoms with E-state index in [9.17, 15) is 0 Å². The highest BCUT2D eigenvalue weighted by atomic mass is 14.1. The Morgan fingerprint density at radius 2 is 1.18 bits per heavy atom. The van der Waals surface area contributed by atoms with Gasteiger partial charge in [0, 0.05) is 15.5 Å². The number of aryl methyl sites for hydroxylation is 2. The lowest BCUT2D eigenvalue weighted by molar-refractivity contribution is 1.13. The van der Waals surface area contributed by atoms with E-state index in [1.165, 1.54) is 22.3 Å². The summed E-state index contributed by atoms with van der Waals surface area (Å²) in [6.45, 7) is 8.61. The van der Waals surface area contributed by atoms with Crippen molar-refractivity contribution in [3.63, 3.8) is 0 Å². The first-order valence-corrected chi connectivity index (χ1v) is 6.95. The summed E-state index contributed by atoms with van der Waals surface area (Å²) in [4.78, 5) is 0. The lowest BCUT2D eigenvalue weighted by atomic mass is 9.81. The molecule has 0 aromatic heterocycles. The van der Waals surface area contributed by atoms with Gasteiger partial charge >= 0.3 is 0 Å². The van der Waals surface area contributed by atoms with Crippen LogP contribution in [0.15, 0.2) is 55.1 Å². The van der Waals surface area contributed by atoms with E-state index in [0.717, 1.165) is 18.4 Å². The van der Waals surface area contributed by atoms with Crippen molar-refractivity contribution in [3.8, 4) is 0 Å². The van der Waals surface area contributed by atoms with Crippen LogP contribution in [-0.4, -0.2) is 15.5 Å². The van der Waals surface area contributed by atoms with Crippen molar-refractivity contribution < 1.29 is 0 Å². The van der Waals surface area contributed by atoms with E-state index < -0.39 is 0 Å². The molecule has 114 valence electrons. The maximum atomic E-state index is 4.25. The van der Waals surface area contributed by atoms with Gasteiger partial charge in [-0.2, -0.15) is 0 Å². The number of hydrogen-bond donors (Lipinski definition) is 2. The molecule has 6 N–H and O–H groups in total. The van der Waals surface area contributed by atoms with E-state index in [0.29, 0.717) is 0 Å². The van der Waals surface area contributed by atoms with Gasteiger partial charge in [-0.05, 0) is 40.7 Å². The zero-order chi connectivity index (χ0) is 15.0. The molecule has 0 amide bonds. The Kier molecular flexibility index (Phi) is 12.1. The Labute approximate surface area is 138 Å². The Bertz CT molecular complexity index is 519. The van der Waals surface area contributed by atoms with Crippen LogP contribution in [0, 0.1) is 0 Å². The molecule has 0 unspecified atom stereocenters. The van der Waals surface area contributed by atoms with Crippen LogP contribution in [0.1, 0.15) is 36.1 Å². The SMILES string of the molecule is C=C(c1cccc(CC)c1)c1cccc(CC)c1.N.N.[B][B]. The van der Waals surface area contributed by atoms with Gasteiger partial charge in [0.15, 0.2) is 0 Å². The van der Waals surface area contributed by atoms with Crippen molar-refractivity contribution in [2.75, 3.05) is 0 Å². The van der Waals surface area contributed by atoms with Gasteiger partial charge in [-0.3, -0.25) is 0 Å². The van der Waals surface area contributed by atoms with Crippen molar-refractivity contribution in [2.24, 2.45) is 0 Å². The van der Waals surface area contributed by atoms with Crippen molar-refractivity contribution in [3.05, 3.63) is 77.4 Å². The van der Waals surface area contributed by atoms with E-state index in [4.69, 9.17) is 0 Å². The molecule has 0 aliphatic heterocycles. The van der Waals surface area contributed by atoms with Gasteiger partial charge < -0.3 is 12.3 Å². The van der Waals surface area contributed by atoms with E-state index in [1.54, 1.807) is 0 Å². The highest BCUT2D eigenvalue weighted by molar-refractivity contribution is 6.75. The van der Waals surface area contributed by atoms with Crippen LogP contribution in [-0.2, 0) is 12.8 Å². The van der Waals surface area contributed by atoms with Crippen LogP contribution in [0.2, 0.25) is 0 Å². The molecule has 0 aliphatic carbocycles. The number of rotatable bonds is 4. The van der Waals surface area contributed by atoms with Crippen LogP contribution in [0.25, 0.3) is 5.57 Å². The molecule has 0 aliphatic rings. The highest BCUT2D eigenvalue weighted by Gasteiger charge is 2.03. The zero-order valence-corrected chi connectivity index (χ0v) is 13.8. The van der Waals surface area contributed by atoms with Gasteiger partial charge in [0.2, 0.25) is 0 Å². The fraction of sp³-hybridized carbons (Fsp3) is 0.222. The molecule has 4 heteroatoms. The zero-order valence-electron chi connectivity index (χ0n) is 13.8. The molecule has 2 rings (SSSR count). The summed E-state index contributed by atoms with van der Waals surface area (Å²) in [5.41, 5.74) is 6.28. The Morgan fingerprint density at radius 3 is 1.50 bits per heavy atom. The summed E-state index contributed by atoms with van der Waals surface area (Å²) in [6.07, 6.45) is 2.13. The maximum Gasteiger partial charge on any atom is 0 e. The van der Waals surface area contributed by atoms with Crippen molar-refractivity contribution in [1.82, 2.24) is 12.3 Å². The van der Waals surface area contributed by atoms with Gasteiger partial charge in [0.25, 0.3) is 0 Å². The summed E-state index contributed by atoms with van der Waals surface area (Å²) < 4.78 is 0. The average molecular weight is 292 g/mol. The molecule has 2 nitrogen and oxygen atoms in total. The molecular weight excluding hydrogens is 266 g/mol. The van der Waals surface area contributed by atoms with Crippen LogP contribution in [0.5, 0.6) is 0 Å². The first-order valence-electron chi connectivity index (χ1n) is 6.95. The van der Waals surface area contributed by atoms with Gasteiger partial charge in [0.05, 0.1) is 0 Å². The third-order valence-electron chi connectivity index (χ3n) is 3.37. The fourth-order valence-electron chi connectivity index (χ4n) is 2.12. The largest absolute Gasteiger partial charge is 0.344 e. The maximum absolute atomic E-state index is 4.25. The van der Waals surface area contributed by atoms with Gasteiger partial charge in [-0.1, -0.05) is 69.0 Å². The quantitative estimate of drug-likeness (QED) is 0.818. The Balaban J connectivity index is 0. The Hall–Kier alpha value is -1.77. The van der Waals surface area contributed by atoms with E-state index in [2.05, 4.69) is 84.4 Å². The molecular formula is C18H26B2N2. The van der Waals surface area contributed by atoms with Crippen molar-refractivity contribution in [2.45, 2.75) is 26.7 Å². The minimum Gasteiger partial charge on any atom is -0.344 e. The molecule has 0 bridgehead atoms. The molecule has 0 spiro atoms. The average Bonchev–Trinajstić information content (AvgIpc) is 2.56. The molecule has 0 atom stereocenters. The van der Waals surface area contributed by atoms with E-state index in [-0.39, 0.29) is 12.3 Å². The van der Waals surface area contributed by atoms with Gasteiger partial charge in [-0.25, -0.2) is 0 Å². The number of benzene rings is 2. The monoisotopic (exact) mass is 292 g/mol. The Morgan fingerprint density at radius 1 is 0.818 bits per heavy atom. The predicted octanol–water partition coefficient (Wildman–Crippen LogP) is 4.44.